The summed E-state index contributed by atoms with van der Waals surface area (Å²) in [5.74, 6) is 3.00. The molecule has 5 heteroatoms. The van der Waals surface area contributed by atoms with Crippen LogP contribution in [0.5, 0.6) is 0 Å². The second-order valence-electron chi connectivity index (χ2n) is 7.42. The minimum Gasteiger partial charge on any atom is -0.465 e. The van der Waals surface area contributed by atoms with E-state index >= 15 is 0 Å². The van der Waals surface area contributed by atoms with Gasteiger partial charge >= 0.3 is 0 Å². The largest absolute Gasteiger partial charge is 0.465 e. The van der Waals surface area contributed by atoms with Crippen molar-refractivity contribution in [2.24, 2.45) is 5.92 Å². The van der Waals surface area contributed by atoms with Crippen molar-refractivity contribution < 1.29 is 13.9 Å². The highest BCUT2D eigenvalue weighted by Gasteiger charge is 2.21. The fourth-order valence-electron chi connectivity index (χ4n) is 3.81. The fraction of sp³-hybridized carbons (Fsp3) is 0.750. The molecule has 140 valence electrons. The van der Waals surface area contributed by atoms with Crippen molar-refractivity contribution in [3.63, 3.8) is 0 Å². The van der Waals surface area contributed by atoms with Gasteiger partial charge in [0.05, 0.1) is 12.6 Å². The Kier molecular flexibility index (Phi) is 6.93. The highest BCUT2D eigenvalue weighted by Crippen LogP contribution is 2.23. The smallest absolute Gasteiger partial charge is 0.220 e. The van der Waals surface area contributed by atoms with E-state index in [1.165, 1.54) is 12.8 Å². The van der Waals surface area contributed by atoms with Crippen LogP contribution in [0.1, 0.15) is 57.0 Å². The monoisotopic (exact) mass is 348 g/mol. The molecule has 1 atom stereocenters. The van der Waals surface area contributed by atoms with Crippen LogP contribution in [0.4, 0.5) is 0 Å². The minimum atomic E-state index is 0.181. The average Bonchev–Trinajstić information content (AvgIpc) is 3.31. The van der Waals surface area contributed by atoms with Crippen molar-refractivity contribution in [1.29, 1.82) is 0 Å². The zero-order valence-corrected chi connectivity index (χ0v) is 15.5. The first-order valence-corrected chi connectivity index (χ1v) is 9.91. The number of rotatable bonds is 8. The predicted molar refractivity (Wildman–Crippen MR) is 97.3 cm³/mol. The van der Waals surface area contributed by atoms with Gasteiger partial charge in [-0.1, -0.05) is 6.92 Å². The van der Waals surface area contributed by atoms with E-state index in [0.29, 0.717) is 18.9 Å². The molecule has 0 spiro atoms. The van der Waals surface area contributed by atoms with Crippen LogP contribution in [-0.4, -0.2) is 43.2 Å². The number of hydrogen-bond acceptors (Lipinski definition) is 4. The van der Waals surface area contributed by atoms with E-state index in [9.17, 15) is 4.79 Å². The molecule has 1 N–H and O–H groups in total. The molecule has 0 saturated carbocycles. The van der Waals surface area contributed by atoms with E-state index in [-0.39, 0.29) is 12.0 Å². The molecule has 2 aliphatic heterocycles. The zero-order valence-electron chi connectivity index (χ0n) is 15.5. The lowest BCUT2D eigenvalue weighted by atomic mass is 9.92. The Labute approximate surface area is 151 Å². The van der Waals surface area contributed by atoms with Crippen molar-refractivity contribution in [3.05, 3.63) is 23.7 Å². The number of nitrogens with zero attached hydrogens (tertiary/aromatic N) is 1. The predicted octanol–water partition coefficient (Wildman–Crippen LogP) is 3.13. The van der Waals surface area contributed by atoms with Crippen LogP contribution in [0.15, 0.2) is 16.5 Å². The Morgan fingerprint density at radius 2 is 2.04 bits per heavy atom. The third-order valence-electron chi connectivity index (χ3n) is 5.48. The van der Waals surface area contributed by atoms with Crippen LogP contribution in [0.25, 0.3) is 0 Å². The summed E-state index contributed by atoms with van der Waals surface area (Å²) in [4.78, 5) is 14.5. The number of carbonyl (C=O) groups is 1. The van der Waals surface area contributed by atoms with Gasteiger partial charge in [-0.25, -0.2) is 0 Å². The number of carbonyl (C=O) groups excluding carboxylic acids is 1. The summed E-state index contributed by atoms with van der Waals surface area (Å²) in [6.45, 7) is 6.76. The van der Waals surface area contributed by atoms with Crippen LogP contribution in [-0.2, 0) is 22.5 Å². The summed E-state index contributed by atoms with van der Waals surface area (Å²) in [5, 5.41) is 3.03. The van der Waals surface area contributed by atoms with E-state index in [1.807, 2.05) is 0 Å². The molecule has 0 radical (unpaired) electrons. The van der Waals surface area contributed by atoms with Crippen molar-refractivity contribution >= 4 is 5.91 Å². The topological polar surface area (TPSA) is 54.7 Å². The Bertz CT molecular complexity index is 529. The summed E-state index contributed by atoms with van der Waals surface area (Å²) in [6, 6.07) is 4.18. The first-order chi connectivity index (χ1) is 12.2. The van der Waals surface area contributed by atoms with Crippen molar-refractivity contribution in [2.75, 3.05) is 26.2 Å². The highest BCUT2D eigenvalue weighted by molar-refractivity contribution is 5.75. The second kappa shape index (κ2) is 9.39. The summed E-state index contributed by atoms with van der Waals surface area (Å²) in [6.07, 6.45) is 7.41. The quantitative estimate of drug-likeness (QED) is 0.784. The van der Waals surface area contributed by atoms with E-state index in [1.54, 1.807) is 0 Å². The molecule has 5 nitrogen and oxygen atoms in total. The maximum atomic E-state index is 12.0. The minimum absolute atomic E-state index is 0.181. The molecule has 2 aliphatic rings. The van der Waals surface area contributed by atoms with Gasteiger partial charge in [0.1, 0.15) is 11.5 Å². The number of nitrogens with one attached hydrogen (secondary N) is 1. The third kappa shape index (κ3) is 5.86. The second-order valence-corrected chi connectivity index (χ2v) is 7.42. The normalized spacial score (nSPS) is 22.4. The lowest BCUT2D eigenvalue weighted by Gasteiger charge is -2.31. The first kappa shape index (κ1) is 18.5. The number of hydrogen-bond donors (Lipinski definition) is 1. The van der Waals surface area contributed by atoms with Gasteiger partial charge in [0, 0.05) is 26.0 Å². The Morgan fingerprint density at radius 3 is 2.72 bits per heavy atom. The van der Waals surface area contributed by atoms with Gasteiger partial charge in [0.2, 0.25) is 5.91 Å². The molecule has 1 aromatic heterocycles. The third-order valence-corrected chi connectivity index (χ3v) is 5.48. The summed E-state index contributed by atoms with van der Waals surface area (Å²) in [5.41, 5.74) is 0. The lowest BCUT2D eigenvalue weighted by molar-refractivity contribution is -0.122. The molecule has 3 rings (SSSR count). The van der Waals surface area contributed by atoms with Crippen LogP contribution >= 0.6 is 0 Å². The molecule has 2 fully saturated rings. The van der Waals surface area contributed by atoms with Crippen LogP contribution in [0.2, 0.25) is 0 Å². The SMILES string of the molecule is CCc1ccc(CN2CCC(CCC(=O)NCC3CCCO3)CC2)o1. The Balaban J connectivity index is 1.28. The molecule has 1 amide bonds. The van der Waals surface area contributed by atoms with Crippen molar-refractivity contribution in [1.82, 2.24) is 10.2 Å². The van der Waals surface area contributed by atoms with Gasteiger partial charge in [0.25, 0.3) is 0 Å². The van der Waals surface area contributed by atoms with E-state index in [4.69, 9.17) is 9.15 Å². The van der Waals surface area contributed by atoms with Crippen LogP contribution in [0, 0.1) is 5.92 Å². The van der Waals surface area contributed by atoms with Gasteiger partial charge in [-0.3, -0.25) is 9.69 Å². The van der Waals surface area contributed by atoms with Gasteiger partial charge in [-0.15, -0.1) is 0 Å². The lowest BCUT2D eigenvalue weighted by Crippen LogP contribution is -2.34. The number of ether oxygens (including phenoxy) is 1. The summed E-state index contributed by atoms with van der Waals surface area (Å²) < 4.78 is 11.3. The number of likely N-dealkylation sites (tertiary alicyclic amines) is 1. The van der Waals surface area contributed by atoms with E-state index < -0.39 is 0 Å². The van der Waals surface area contributed by atoms with E-state index in [2.05, 4.69) is 29.3 Å². The number of amides is 1. The molecule has 1 aromatic rings. The highest BCUT2D eigenvalue weighted by atomic mass is 16.5. The summed E-state index contributed by atoms with van der Waals surface area (Å²) in [7, 11) is 0. The molecule has 1 unspecified atom stereocenters. The molecule has 25 heavy (non-hydrogen) atoms. The zero-order chi connectivity index (χ0) is 17.5. The molecule has 0 aromatic carbocycles. The fourth-order valence-corrected chi connectivity index (χ4v) is 3.81. The molecular formula is C20H32N2O3. The molecule has 0 aliphatic carbocycles. The molecular weight excluding hydrogens is 316 g/mol. The molecule has 0 bridgehead atoms. The number of furan rings is 1. The van der Waals surface area contributed by atoms with Crippen molar-refractivity contribution in [3.8, 4) is 0 Å². The molecule has 2 saturated heterocycles. The van der Waals surface area contributed by atoms with Crippen LogP contribution in [0.3, 0.4) is 0 Å². The Morgan fingerprint density at radius 1 is 1.24 bits per heavy atom. The van der Waals surface area contributed by atoms with Gasteiger partial charge < -0.3 is 14.5 Å². The summed E-state index contributed by atoms with van der Waals surface area (Å²) >= 11 is 0. The van der Waals surface area contributed by atoms with Crippen LogP contribution < -0.4 is 5.32 Å². The maximum Gasteiger partial charge on any atom is 0.220 e. The standard InChI is InChI=1S/C20H32N2O3/c1-2-17-6-7-19(25-17)15-22-11-9-16(10-12-22)5-8-20(23)21-14-18-4-3-13-24-18/h6-7,16,18H,2-5,8-15H2,1H3,(H,21,23). The molecule has 3 heterocycles. The average molecular weight is 348 g/mol. The van der Waals surface area contributed by atoms with E-state index in [0.717, 1.165) is 63.4 Å². The van der Waals surface area contributed by atoms with Gasteiger partial charge in [0.15, 0.2) is 0 Å². The van der Waals surface area contributed by atoms with Gasteiger partial charge in [-0.2, -0.15) is 0 Å². The van der Waals surface area contributed by atoms with Crippen molar-refractivity contribution in [2.45, 2.75) is 64.5 Å². The Hall–Kier alpha value is -1.33. The maximum absolute atomic E-state index is 12.0. The van der Waals surface area contributed by atoms with Gasteiger partial charge in [-0.05, 0) is 63.2 Å². The number of aryl methyl sites for hydroxylation is 1. The number of piperidine rings is 1. The first-order valence-electron chi connectivity index (χ1n) is 9.91.